The molecule has 0 amide bonds. The predicted molar refractivity (Wildman–Crippen MR) is 55.4 cm³/mol. The molecule has 0 aromatic heterocycles. The fourth-order valence-corrected chi connectivity index (χ4v) is 8.40. The van der Waals surface area contributed by atoms with Gasteiger partial charge in [0.2, 0.25) is 0 Å². The first-order valence-corrected chi connectivity index (χ1v) is 12.7. The van der Waals surface area contributed by atoms with Crippen molar-refractivity contribution in [3.63, 3.8) is 0 Å². The second-order valence-electron chi connectivity index (χ2n) is 4.63. The Hall–Kier alpha value is 0.494. The quantitative estimate of drug-likeness (QED) is 0.526. The molecule has 0 saturated carbocycles. The van der Waals surface area contributed by atoms with Crippen LogP contribution in [0.15, 0.2) is 0 Å². The molecule has 0 aliphatic carbocycles. The summed E-state index contributed by atoms with van der Waals surface area (Å²) < 4.78 is 17.0. The Morgan fingerprint density at radius 3 is 1.45 bits per heavy atom. The van der Waals surface area contributed by atoms with Crippen LogP contribution >= 0.6 is 7.58 Å². The van der Waals surface area contributed by atoms with Crippen molar-refractivity contribution in [1.29, 1.82) is 0 Å². The fourth-order valence-electron chi connectivity index (χ4n) is 0.386. The molecule has 2 nitrogen and oxygen atoms in total. The Kier molecular flexibility index (Phi) is 3.63. The largest absolute Gasteiger partial charge is 0.419 e. The zero-order valence-corrected chi connectivity index (χ0v) is 11.2. The smallest absolute Gasteiger partial charge is 0.215 e. The first-order valence-electron chi connectivity index (χ1n) is 3.79. The van der Waals surface area contributed by atoms with E-state index in [1.165, 1.54) is 0 Å². The maximum atomic E-state index is 11.5. The molecule has 0 bridgehead atoms. The van der Waals surface area contributed by atoms with Gasteiger partial charge in [-0.25, -0.2) is 4.21 Å². The topological polar surface area (TPSA) is 26.3 Å². The molecule has 11 heavy (non-hydrogen) atoms. The molecule has 0 N–H and O–H groups in total. The molecule has 0 aliphatic heterocycles. The molecule has 66 valence electrons. The molecule has 0 fully saturated rings. The highest BCUT2D eigenvalue weighted by Crippen LogP contribution is 2.38. The van der Waals surface area contributed by atoms with Gasteiger partial charge in [-0.2, -0.15) is 0 Å². The summed E-state index contributed by atoms with van der Waals surface area (Å²) in [7, 11) is -4.49. The summed E-state index contributed by atoms with van der Waals surface area (Å²) in [6.07, 6.45) is 0. The summed E-state index contributed by atoms with van der Waals surface area (Å²) in [4.78, 5) is 0. The highest BCUT2D eigenvalue weighted by molar-refractivity contribution is 7.83. The van der Waals surface area contributed by atoms with E-state index in [1.54, 1.807) is 0 Å². The standard InChI is InChI=1S/C6H18O2PSi2/c1-10(2,3)8-9(7)11(4,5)6/h1-6H3/q+1. The lowest BCUT2D eigenvalue weighted by Crippen LogP contribution is -2.26. The van der Waals surface area contributed by atoms with E-state index in [4.69, 9.17) is 4.21 Å². The van der Waals surface area contributed by atoms with Crippen molar-refractivity contribution in [2.75, 3.05) is 0 Å². The Morgan fingerprint density at radius 2 is 1.36 bits per heavy atom. The van der Waals surface area contributed by atoms with Crippen LogP contribution in [0.1, 0.15) is 0 Å². The second kappa shape index (κ2) is 3.48. The lowest BCUT2D eigenvalue weighted by atomic mass is 11.8. The molecule has 0 spiro atoms. The molecule has 0 aromatic rings. The van der Waals surface area contributed by atoms with Gasteiger partial charge in [0.1, 0.15) is 0 Å². The summed E-state index contributed by atoms with van der Waals surface area (Å²) in [5.41, 5.74) is 0. The van der Waals surface area contributed by atoms with Crippen LogP contribution in [0, 0.1) is 0 Å². The summed E-state index contributed by atoms with van der Waals surface area (Å²) >= 11 is 0. The Bertz CT molecular complexity index is 157. The van der Waals surface area contributed by atoms with Crippen molar-refractivity contribution < 1.29 is 8.78 Å². The van der Waals surface area contributed by atoms with Crippen LogP contribution in [0.3, 0.4) is 0 Å². The predicted octanol–water partition coefficient (Wildman–Crippen LogP) is 3.42. The maximum absolute atomic E-state index is 11.5. The van der Waals surface area contributed by atoms with Gasteiger partial charge in [-0.15, -0.1) is 0 Å². The normalized spacial score (nSPS) is 14.9. The summed E-state index contributed by atoms with van der Waals surface area (Å²) in [5.74, 6) is 0. The van der Waals surface area contributed by atoms with Gasteiger partial charge >= 0.3 is 15.3 Å². The highest BCUT2D eigenvalue weighted by atomic mass is 31.4. The van der Waals surface area contributed by atoms with E-state index < -0.39 is 23.6 Å². The zero-order valence-electron chi connectivity index (χ0n) is 8.26. The van der Waals surface area contributed by atoms with E-state index in [1.807, 2.05) is 0 Å². The summed E-state index contributed by atoms with van der Waals surface area (Å²) in [6, 6.07) is 0. The average molecular weight is 209 g/mol. The van der Waals surface area contributed by atoms with Gasteiger partial charge in [-0.1, -0.05) is 4.57 Å². The average Bonchev–Trinajstić information content (AvgIpc) is 1.56. The van der Waals surface area contributed by atoms with Crippen LogP contribution in [-0.4, -0.2) is 16.1 Å². The third kappa shape index (κ3) is 5.73. The molecule has 0 radical (unpaired) electrons. The number of rotatable bonds is 3. The monoisotopic (exact) mass is 209 g/mol. The van der Waals surface area contributed by atoms with Gasteiger partial charge in [-0.05, 0) is 39.3 Å². The minimum absolute atomic E-state index is 1.36. The minimum atomic E-state index is -1.58. The van der Waals surface area contributed by atoms with Gasteiger partial charge in [-0.3, -0.25) is 0 Å². The molecular formula is C6H18O2PSi2+. The second-order valence-corrected chi connectivity index (χ2v) is 19.6. The van der Waals surface area contributed by atoms with E-state index in [-0.39, 0.29) is 0 Å². The van der Waals surface area contributed by atoms with Crippen LogP contribution in [0.2, 0.25) is 39.3 Å². The highest BCUT2D eigenvalue weighted by Gasteiger charge is 2.44. The van der Waals surface area contributed by atoms with Crippen molar-refractivity contribution in [2.24, 2.45) is 0 Å². The first kappa shape index (κ1) is 11.5. The maximum Gasteiger partial charge on any atom is 0.419 e. The molecule has 0 saturated heterocycles. The van der Waals surface area contributed by atoms with Crippen molar-refractivity contribution in [2.45, 2.75) is 39.3 Å². The van der Waals surface area contributed by atoms with Crippen LogP contribution < -0.4 is 0 Å². The molecular weight excluding hydrogens is 191 g/mol. The molecule has 0 rings (SSSR count). The van der Waals surface area contributed by atoms with Crippen molar-refractivity contribution in [3.05, 3.63) is 0 Å². The van der Waals surface area contributed by atoms with E-state index in [0.717, 1.165) is 0 Å². The van der Waals surface area contributed by atoms with E-state index in [9.17, 15) is 4.57 Å². The molecule has 0 aliphatic rings. The van der Waals surface area contributed by atoms with Crippen molar-refractivity contribution in [1.82, 2.24) is 0 Å². The SMILES string of the molecule is C[Si](C)(C)O[P+](=O)[Si](C)(C)C. The Labute approximate surface area is 72.2 Å². The van der Waals surface area contributed by atoms with Crippen LogP contribution in [0.4, 0.5) is 0 Å². The minimum Gasteiger partial charge on any atom is -0.215 e. The van der Waals surface area contributed by atoms with Crippen molar-refractivity contribution in [3.8, 4) is 0 Å². The van der Waals surface area contributed by atoms with Crippen LogP contribution in [-0.2, 0) is 8.78 Å². The molecule has 5 heteroatoms. The van der Waals surface area contributed by atoms with Gasteiger partial charge < -0.3 is 0 Å². The van der Waals surface area contributed by atoms with E-state index in [2.05, 4.69) is 39.3 Å². The summed E-state index contributed by atoms with van der Waals surface area (Å²) in [5, 5.41) is 0. The van der Waals surface area contributed by atoms with Crippen LogP contribution in [0.25, 0.3) is 0 Å². The molecule has 0 heterocycles. The molecule has 1 unspecified atom stereocenters. The Balaban J connectivity index is 4.11. The van der Waals surface area contributed by atoms with Crippen molar-refractivity contribution >= 4 is 23.6 Å². The molecule has 1 atom stereocenters. The number of hydrogen-bond acceptors (Lipinski definition) is 2. The summed E-state index contributed by atoms with van der Waals surface area (Å²) in [6.45, 7) is 12.4. The molecule has 0 aromatic carbocycles. The van der Waals surface area contributed by atoms with Gasteiger partial charge in [0, 0.05) is 0 Å². The van der Waals surface area contributed by atoms with Crippen LogP contribution in [0.5, 0.6) is 0 Å². The fraction of sp³-hybridized carbons (Fsp3) is 1.00. The van der Waals surface area contributed by atoms with Gasteiger partial charge in [0.15, 0.2) is 0 Å². The lowest BCUT2D eigenvalue weighted by molar-refractivity contribution is 0.517. The Morgan fingerprint density at radius 1 is 1.00 bits per heavy atom. The first-order chi connectivity index (χ1) is 4.63. The van der Waals surface area contributed by atoms with Gasteiger partial charge in [0.05, 0.1) is 0 Å². The van der Waals surface area contributed by atoms with Gasteiger partial charge in [0.25, 0.3) is 8.32 Å². The lowest BCUT2D eigenvalue weighted by Gasteiger charge is -2.10. The zero-order chi connectivity index (χ0) is 9.28. The third-order valence-corrected chi connectivity index (χ3v) is 8.96. The number of hydrogen-bond donors (Lipinski definition) is 0. The van der Waals surface area contributed by atoms with E-state index >= 15 is 0 Å². The van der Waals surface area contributed by atoms with E-state index in [0.29, 0.717) is 0 Å². The third-order valence-electron chi connectivity index (χ3n) is 0.904.